The van der Waals surface area contributed by atoms with Gasteiger partial charge in [0.25, 0.3) is 5.91 Å². The molecule has 1 saturated heterocycles. The predicted molar refractivity (Wildman–Crippen MR) is 105 cm³/mol. The van der Waals surface area contributed by atoms with Crippen LogP contribution in [0.25, 0.3) is 5.70 Å². The van der Waals surface area contributed by atoms with Gasteiger partial charge in [-0.05, 0) is 37.2 Å². The van der Waals surface area contributed by atoms with Crippen LogP contribution in [0.2, 0.25) is 0 Å². The number of likely N-dealkylation sites (tertiary alicyclic amines) is 1. The van der Waals surface area contributed by atoms with Crippen LogP contribution in [0, 0.1) is 18.2 Å². The molecule has 0 radical (unpaired) electrons. The Morgan fingerprint density at radius 2 is 1.96 bits per heavy atom. The van der Waals surface area contributed by atoms with Crippen molar-refractivity contribution in [1.82, 2.24) is 10.2 Å². The van der Waals surface area contributed by atoms with Crippen LogP contribution in [-0.2, 0) is 6.54 Å². The Kier molecular flexibility index (Phi) is 5.37. The Labute approximate surface area is 158 Å². The number of aryl methyl sites for hydroxylation is 1. The van der Waals surface area contributed by atoms with Crippen LogP contribution < -0.4 is 11.1 Å². The van der Waals surface area contributed by atoms with Crippen LogP contribution in [0.15, 0.2) is 48.0 Å². The monoisotopic (exact) mass is 366 g/mol. The van der Waals surface area contributed by atoms with E-state index >= 15 is 0 Å². The van der Waals surface area contributed by atoms with Crippen molar-refractivity contribution in [3.8, 4) is 0 Å². The minimum Gasteiger partial charge on any atom is -0.380 e. The van der Waals surface area contributed by atoms with Crippen LogP contribution >= 0.6 is 0 Å². The first-order valence-electron chi connectivity index (χ1n) is 8.74. The number of halogens is 1. The lowest BCUT2D eigenvalue weighted by atomic mass is 9.99. The minimum absolute atomic E-state index is 0.118. The number of carbonyl (C=O) groups is 1. The summed E-state index contributed by atoms with van der Waals surface area (Å²) >= 11 is 0. The number of rotatable bonds is 5. The molecule has 4 N–H and O–H groups in total. The second kappa shape index (κ2) is 7.72. The predicted octanol–water partition coefficient (Wildman–Crippen LogP) is 2.70. The first-order valence-corrected chi connectivity index (χ1v) is 8.74. The summed E-state index contributed by atoms with van der Waals surface area (Å²) in [4.78, 5) is 13.5. The number of carbonyl (C=O) groups excluding carboxylic acids is 1. The second-order valence-electron chi connectivity index (χ2n) is 6.85. The Bertz CT molecular complexity index is 936. The summed E-state index contributed by atoms with van der Waals surface area (Å²) in [6.45, 7) is 3.72. The molecule has 140 valence electrons. The fraction of sp³-hybridized carbons (Fsp3) is 0.238. The molecule has 1 aliphatic rings. The van der Waals surface area contributed by atoms with Crippen LogP contribution in [0.3, 0.4) is 0 Å². The molecule has 5 nitrogen and oxygen atoms in total. The van der Waals surface area contributed by atoms with E-state index in [4.69, 9.17) is 11.1 Å². The molecule has 0 bridgehead atoms. The van der Waals surface area contributed by atoms with Crippen LogP contribution in [-0.4, -0.2) is 36.7 Å². The maximum atomic E-state index is 13.7. The van der Waals surface area contributed by atoms with Crippen molar-refractivity contribution in [2.24, 2.45) is 5.73 Å². The fourth-order valence-corrected chi connectivity index (χ4v) is 3.30. The number of hydrogen-bond donors (Lipinski definition) is 3. The van der Waals surface area contributed by atoms with Crippen molar-refractivity contribution in [3.63, 3.8) is 0 Å². The van der Waals surface area contributed by atoms with Gasteiger partial charge in [0, 0.05) is 36.5 Å². The normalized spacial score (nSPS) is 16.5. The Morgan fingerprint density at radius 3 is 2.59 bits per heavy atom. The summed E-state index contributed by atoms with van der Waals surface area (Å²) in [5.41, 5.74) is 10.4. The molecule has 1 heterocycles. The maximum absolute atomic E-state index is 13.7. The molecular formula is C21H23FN4O. The van der Waals surface area contributed by atoms with E-state index in [0.29, 0.717) is 25.3 Å². The Balaban J connectivity index is 1.95. The maximum Gasteiger partial charge on any atom is 0.251 e. The molecule has 0 aliphatic carbocycles. The highest BCUT2D eigenvalue weighted by Crippen LogP contribution is 2.25. The third-order valence-electron chi connectivity index (χ3n) is 4.70. The average molecular weight is 366 g/mol. The van der Waals surface area contributed by atoms with Crippen molar-refractivity contribution in [3.05, 3.63) is 76.1 Å². The first-order chi connectivity index (χ1) is 12.9. The molecule has 1 aliphatic heterocycles. The van der Waals surface area contributed by atoms with Crippen molar-refractivity contribution in [2.45, 2.75) is 13.5 Å². The topological polar surface area (TPSA) is 82.2 Å². The van der Waals surface area contributed by atoms with Gasteiger partial charge in [-0.1, -0.05) is 30.3 Å². The molecule has 2 aromatic rings. The number of nitrogens with two attached hydrogens (primary N) is 1. The van der Waals surface area contributed by atoms with Gasteiger partial charge in [-0.15, -0.1) is 0 Å². The van der Waals surface area contributed by atoms with E-state index in [0.717, 1.165) is 28.0 Å². The molecule has 6 heteroatoms. The van der Waals surface area contributed by atoms with Crippen molar-refractivity contribution < 1.29 is 9.18 Å². The van der Waals surface area contributed by atoms with Crippen LogP contribution in [0.5, 0.6) is 0 Å². The lowest BCUT2D eigenvalue weighted by Crippen LogP contribution is -2.19. The summed E-state index contributed by atoms with van der Waals surface area (Å²) in [6, 6.07) is 12.3. The minimum atomic E-state index is -0.786. The zero-order valence-electron chi connectivity index (χ0n) is 15.5. The van der Waals surface area contributed by atoms with Crippen molar-refractivity contribution in [1.29, 1.82) is 5.41 Å². The number of primary amides is 1. The Hall–Kier alpha value is -2.99. The molecule has 0 aromatic heterocycles. The smallest absolute Gasteiger partial charge is 0.251 e. The molecule has 0 atom stereocenters. The van der Waals surface area contributed by atoms with Crippen molar-refractivity contribution >= 4 is 17.3 Å². The lowest BCUT2D eigenvalue weighted by molar-refractivity contribution is 0.0996. The largest absolute Gasteiger partial charge is 0.380 e. The van der Waals surface area contributed by atoms with E-state index in [1.54, 1.807) is 6.07 Å². The van der Waals surface area contributed by atoms with Gasteiger partial charge in [-0.2, -0.15) is 0 Å². The lowest BCUT2D eigenvalue weighted by Gasteiger charge is -2.17. The van der Waals surface area contributed by atoms with E-state index in [9.17, 15) is 9.18 Å². The van der Waals surface area contributed by atoms with Crippen molar-refractivity contribution in [2.75, 3.05) is 20.1 Å². The number of likely N-dealkylation sites (N-methyl/N-ethyl adjacent to an activating group) is 1. The van der Waals surface area contributed by atoms with E-state index in [-0.39, 0.29) is 5.56 Å². The quantitative estimate of drug-likeness (QED) is 0.761. The number of amides is 1. The second-order valence-corrected chi connectivity index (χ2v) is 6.85. The number of nitrogens with zero attached hydrogens (tertiary/aromatic N) is 1. The third kappa shape index (κ3) is 4.06. The first kappa shape index (κ1) is 18.8. The summed E-state index contributed by atoms with van der Waals surface area (Å²) in [6.07, 6.45) is 0. The van der Waals surface area contributed by atoms with Crippen LogP contribution in [0.4, 0.5) is 4.39 Å². The zero-order chi connectivity index (χ0) is 19.6. The molecule has 2 aromatic carbocycles. The number of nitrogens with one attached hydrogen (secondary N) is 2. The molecule has 1 amide bonds. The summed E-state index contributed by atoms with van der Waals surface area (Å²) in [5, 5.41) is 11.7. The summed E-state index contributed by atoms with van der Waals surface area (Å²) < 4.78 is 13.7. The third-order valence-corrected chi connectivity index (χ3v) is 4.70. The highest BCUT2D eigenvalue weighted by Gasteiger charge is 2.23. The summed E-state index contributed by atoms with van der Waals surface area (Å²) in [5.74, 6) is -1.41. The fourth-order valence-electron chi connectivity index (χ4n) is 3.30. The van der Waals surface area contributed by atoms with Gasteiger partial charge in [-0.25, -0.2) is 4.39 Å². The van der Waals surface area contributed by atoms with Gasteiger partial charge in [0.15, 0.2) is 0 Å². The van der Waals surface area contributed by atoms with Gasteiger partial charge in [-0.3, -0.25) is 9.69 Å². The van der Waals surface area contributed by atoms with Gasteiger partial charge < -0.3 is 16.5 Å². The van der Waals surface area contributed by atoms with Gasteiger partial charge in [0.05, 0.1) is 11.3 Å². The number of benzene rings is 2. The average Bonchev–Trinajstić information content (AvgIpc) is 2.96. The van der Waals surface area contributed by atoms with Gasteiger partial charge in [0.1, 0.15) is 5.82 Å². The van der Waals surface area contributed by atoms with E-state index in [1.165, 1.54) is 12.1 Å². The van der Waals surface area contributed by atoms with Gasteiger partial charge >= 0.3 is 0 Å². The molecule has 0 unspecified atom stereocenters. The molecule has 0 saturated carbocycles. The Morgan fingerprint density at radius 1 is 1.22 bits per heavy atom. The van der Waals surface area contributed by atoms with E-state index < -0.39 is 11.7 Å². The van der Waals surface area contributed by atoms with Crippen LogP contribution in [0.1, 0.15) is 27.0 Å². The summed E-state index contributed by atoms with van der Waals surface area (Å²) in [7, 11) is 1.98. The number of hydrogen-bond acceptors (Lipinski definition) is 4. The molecule has 27 heavy (non-hydrogen) atoms. The zero-order valence-corrected chi connectivity index (χ0v) is 15.5. The standard InChI is InChI=1S/C21H23FN4O/c1-13-5-3-4-6-15(13)20(17-11-26(2)12-19(17)23)25-10-14-7-8-18(22)16(9-14)21(24)27/h3-9,23,25H,10-12H2,1-2H3,(H2,24,27)/b20-17-,23-19?. The van der Waals surface area contributed by atoms with Gasteiger partial charge in [0.2, 0.25) is 0 Å². The molecule has 3 rings (SSSR count). The van der Waals surface area contributed by atoms with E-state index in [2.05, 4.69) is 10.2 Å². The highest BCUT2D eigenvalue weighted by molar-refractivity contribution is 6.07. The molecule has 1 fully saturated rings. The SMILES string of the molecule is Cc1ccccc1/C(NCc1ccc(F)c(C(N)=O)c1)=C1\CN(C)CC1=N. The molecular weight excluding hydrogens is 343 g/mol. The molecule has 0 spiro atoms. The highest BCUT2D eigenvalue weighted by atomic mass is 19.1. The van der Waals surface area contributed by atoms with E-state index in [1.807, 2.05) is 38.2 Å².